The Balaban J connectivity index is 3.32. The molecule has 6 heteroatoms. The second-order valence-corrected chi connectivity index (χ2v) is 8.80. The topological polar surface area (TPSA) is 56.8 Å². The molecule has 0 aliphatic heterocycles. The van der Waals surface area contributed by atoms with Gasteiger partial charge in [0.1, 0.15) is 23.3 Å². The van der Waals surface area contributed by atoms with Crippen molar-refractivity contribution in [3.63, 3.8) is 0 Å². The van der Waals surface area contributed by atoms with Crippen LogP contribution < -0.4 is 4.74 Å². The molecule has 3 nitrogen and oxygen atoms in total. The number of thioether (sulfide) groups is 2. The normalized spacial score (nSPS) is 10.5. The molecule has 0 spiro atoms. The molecule has 0 fully saturated rings. The molecule has 0 unspecified atom stereocenters. The molecule has 0 saturated carbocycles. The summed E-state index contributed by atoms with van der Waals surface area (Å²) in [4.78, 5) is 1.16. The zero-order valence-corrected chi connectivity index (χ0v) is 18.9. The van der Waals surface area contributed by atoms with Crippen LogP contribution in [0, 0.1) is 28.5 Å². The summed E-state index contributed by atoms with van der Waals surface area (Å²) in [6, 6.07) is 3.91. The van der Waals surface area contributed by atoms with E-state index in [4.69, 9.17) is 4.74 Å². The van der Waals surface area contributed by atoms with Crippen molar-refractivity contribution in [3.05, 3.63) is 16.9 Å². The van der Waals surface area contributed by atoms with Crippen LogP contribution in [0.25, 0.3) is 0 Å². The minimum Gasteiger partial charge on any atom is -0.491 e. The average Bonchev–Trinajstić information content (AvgIpc) is 2.70. The van der Waals surface area contributed by atoms with Crippen LogP contribution in [0.3, 0.4) is 0 Å². The number of halogens is 1. The van der Waals surface area contributed by atoms with Crippen molar-refractivity contribution >= 4 is 23.5 Å². The third-order valence-corrected chi connectivity index (χ3v) is 6.73. The molecule has 0 amide bonds. The Morgan fingerprint density at radius 2 is 1.36 bits per heavy atom. The molecule has 0 aromatic heterocycles. The van der Waals surface area contributed by atoms with Crippen LogP contribution in [0.15, 0.2) is 9.79 Å². The summed E-state index contributed by atoms with van der Waals surface area (Å²) in [7, 11) is 0. The SMILES string of the molecule is CCCCCCOc1c(C#N)c(C#N)c(F)c(SCCCC)c1SCCCC. The van der Waals surface area contributed by atoms with Crippen molar-refractivity contribution in [1.82, 2.24) is 0 Å². The third-order valence-electron chi connectivity index (χ3n) is 4.26. The van der Waals surface area contributed by atoms with Gasteiger partial charge in [-0.1, -0.05) is 52.9 Å². The number of ether oxygens (including phenoxy) is 1. The molecule has 28 heavy (non-hydrogen) atoms. The Labute approximate surface area is 178 Å². The summed E-state index contributed by atoms with van der Waals surface area (Å²) in [5.74, 6) is 1.44. The minimum absolute atomic E-state index is 0.0364. The van der Waals surface area contributed by atoms with E-state index in [0.717, 1.165) is 62.9 Å². The molecule has 0 heterocycles. The molecule has 0 aliphatic carbocycles. The van der Waals surface area contributed by atoms with Crippen LogP contribution in [0.4, 0.5) is 4.39 Å². The number of benzene rings is 1. The van der Waals surface area contributed by atoms with Gasteiger partial charge in [0.25, 0.3) is 0 Å². The van der Waals surface area contributed by atoms with Crippen molar-refractivity contribution in [2.45, 2.75) is 81.9 Å². The van der Waals surface area contributed by atoms with E-state index < -0.39 is 5.82 Å². The van der Waals surface area contributed by atoms with Crippen molar-refractivity contribution in [1.29, 1.82) is 10.5 Å². The van der Waals surface area contributed by atoms with E-state index >= 15 is 4.39 Å². The van der Waals surface area contributed by atoms with Gasteiger partial charge in [-0.05, 0) is 30.8 Å². The Bertz CT molecular complexity index is 695. The Hall–Kier alpha value is -1.37. The zero-order valence-electron chi connectivity index (χ0n) is 17.3. The summed E-state index contributed by atoms with van der Waals surface area (Å²) in [5.41, 5.74) is -0.153. The van der Waals surface area contributed by atoms with Gasteiger partial charge in [-0.15, -0.1) is 23.5 Å². The molecular weight excluding hydrogens is 391 g/mol. The fourth-order valence-corrected chi connectivity index (χ4v) is 5.20. The monoisotopic (exact) mass is 422 g/mol. The minimum atomic E-state index is -0.572. The van der Waals surface area contributed by atoms with Crippen LogP contribution in [-0.4, -0.2) is 18.1 Å². The van der Waals surface area contributed by atoms with E-state index in [0.29, 0.717) is 22.1 Å². The van der Waals surface area contributed by atoms with Gasteiger partial charge in [0.2, 0.25) is 0 Å². The fraction of sp³-hybridized carbons (Fsp3) is 0.636. The summed E-state index contributed by atoms with van der Waals surface area (Å²) in [6.45, 7) is 6.84. The largest absolute Gasteiger partial charge is 0.491 e. The van der Waals surface area contributed by atoms with Crippen LogP contribution in [0.2, 0.25) is 0 Å². The molecular formula is C22H31FN2OS2. The molecule has 0 saturated heterocycles. The number of rotatable bonds is 14. The smallest absolute Gasteiger partial charge is 0.157 e. The highest BCUT2D eigenvalue weighted by atomic mass is 32.2. The maximum absolute atomic E-state index is 15.1. The maximum atomic E-state index is 15.1. The predicted molar refractivity (Wildman–Crippen MR) is 117 cm³/mol. The number of unbranched alkanes of at least 4 members (excludes halogenated alkanes) is 5. The second-order valence-electron chi connectivity index (χ2n) is 6.59. The number of nitriles is 2. The van der Waals surface area contributed by atoms with Crippen LogP contribution in [0.1, 0.15) is 83.3 Å². The lowest BCUT2D eigenvalue weighted by atomic mass is 10.1. The molecule has 1 aromatic rings. The molecule has 0 N–H and O–H groups in total. The molecule has 0 bridgehead atoms. The molecule has 1 rings (SSSR count). The van der Waals surface area contributed by atoms with Gasteiger partial charge in [-0.2, -0.15) is 10.5 Å². The maximum Gasteiger partial charge on any atom is 0.157 e. The van der Waals surface area contributed by atoms with E-state index in [2.05, 4.69) is 20.8 Å². The quantitative estimate of drug-likeness (QED) is 0.232. The number of hydrogen-bond acceptors (Lipinski definition) is 5. The van der Waals surface area contributed by atoms with Gasteiger partial charge in [0.15, 0.2) is 11.6 Å². The highest BCUT2D eigenvalue weighted by Gasteiger charge is 2.26. The van der Waals surface area contributed by atoms with Gasteiger partial charge in [0, 0.05) is 0 Å². The van der Waals surface area contributed by atoms with E-state index in [1.165, 1.54) is 11.8 Å². The van der Waals surface area contributed by atoms with Gasteiger partial charge >= 0.3 is 0 Å². The van der Waals surface area contributed by atoms with E-state index in [1.807, 2.05) is 12.1 Å². The Morgan fingerprint density at radius 3 is 1.89 bits per heavy atom. The van der Waals surface area contributed by atoms with Crippen LogP contribution in [0.5, 0.6) is 5.75 Å². The van der Waals surface area contributed by atoms with Crippen LogP contribution in [-0.2, 0) is 0 Å². The zero-order chi connectivity index (χ0) is 20.8. The summed E-state index contributed by atoms with van der Waals surface area (Å²) >= 11 is 2.97. The van der Waals surface area contributed by atoms with Gasteiger partial charge < -0.3 is 4.74 Å². The number of hydrogen-bond donors (Lipinski definition) is 0. The summed E-state index contributed by atoms with van der Waals surface area (Å²) in [5, 5.41) is 19.1. The summed E-state index contributed by atoms with van der Waals surface area (Å²) < 4.78 is 21.1. The third kappa shape index (κ3) is 7.22. The second kappa shape index (κ2) is 14.6. The predicted octanol–water partition coefficient (Wildman–Crippen LogP) is 7.31. The molecule has 0 atom stereocenters. The molecule has 1 aromatic carbocycles. The van der Waals surface area contributed by atoms with E-state index in [9.17, 15) is 10.5 Å². The molecule has 154 valence electrons. The van der Waals surface area contributed by atoms with E-state index in [1.54, 1.807) is 11.8 Å². The standard InChI is InChI=1S/C22H31FN2OS2/c1-4-7-10-11-12-26-20-18(16-25)17(15-24)19(23)21(27-13-8-5-2)22(20)28-14-9-6-3/h4-14H2,1-3H3. The van der Waals surface area contributed by atoms with Crippen molar-refractivity contribution in [3.8, 4) is 17.9 Å². The molecule has 0 radical (unpaired) electrons. The highest BCUT2D eigenvalue weighted by molar-refractivity contribution is 8.02. The van der Waals surface area contributed by atoms with Gasteiger partial charge in [-0.25, -0.2) is 4.39 Å². The fourth-order valence-electron chi connectivity index (χ4n) is 2.60. The van der Waals surface area contributed by atoms with Crippen LogP contribution >= 0.6 is 23.5 Å². The average molecular weight is 423 g/mol. The lowest BCUT2D eigenvalue weighted by Crippen LogP contribution is -2.06. The number of nitrogens with zero attached hydrogens (tertiary/aromatic N) is 2. The van der Waals surface area contributed by atoms with Crippen molar-refractivity contribution in [2.75, 3.05) is 18.1 Å². The van der Waals surface area contributed by atoms with Gasteiger partial charge in [-0.3, -0.25) is 0 Å². The first kappa shape index (κ1) is 24.7. The first-order valence-electron chi connectivity index (χ1n) is 10.2. The Kier molecular flexibility index (Phi) is 12.9. The Morgan fingerprint density at radius 1 is 0.786 bits per heavy atom. The summed E-state index contributed by atoms with van der Waals surface area (Å²) in [6.07, 6.45) is 8.25. The lowest BCUT2D eigenvalue weighted by Gasteiger charge is -2.18. The van der Waals surface area contributed by atoms with Gasteiger partial charge in [0.05, 0.1) is 16.4 Å². The highest BCUT2D eigenvalue weighted by Crippen LogP contribution is 2.44. The molecule has 0 aliphatic rings. The van der Waals surface area contributed by atoms with E-state index in [-0.39, 0.29) is 11.1 Å². The first-order valence-corrected chi connectivity index (χ1v) is 12.2. The first-order chi connectivity index (χ1) is 13.7. The van der Waals surface area contributed by atoms with Crippen molar-refractivity contribution < 1.29 is 9.13 Å². The van der Waals surface area contributed by atoms with Crippen molar-refractivity contribution in [2.24, 2.45) is 0 Å². The lowest BCUT2D eigenvalue weighted by molar-refractivity contribution is 0.295.